The van der Waals surface area contributed by atoms with Gasteiger partial charge in [0.15, 0.2) is 5.82 Å². The number of methoxy groups -OCH3 is 1. The summed E-state index contributed by atoms with van der Waals surface area (Å²) in [5.74, 6) is -0.243. The molecule has 15 nitrogen and oxygen atoms in total. The van der Waals surface area contributed by atoms with Crippen LogP contribution in [0.1, 0.15) is 51.4 Å². The number of ether oxygens (including phenoxy) is 1. The lowest BCUT2D eigenvalue weighted by atomic mass is 9.85. The van der Waals surface area contributed by atoms with Gasteiger partial charge >= 0.3 is 0 Å². The maximum absolute atomic E-state index is 14.2. The molecule has 0 radical (unpaired) electrons. The Labute approximate surface area is 360 Å². The minimum Gasteiger partial charge on any atom is -0.481 e. The highest BCUT2D eigenvalue weighted by Gasteiger charge is 2.45. The number of aromatic nitrogens is 4. The minimum absolute atomic E-state index is 0.00802. The molecule has 2 fully saturated rings. The van der Waals surface area contributed by atoms with Gasteiger partial charge in [-0.05, 0) is 66.3 Å². The van der Waals surface area contributed by atoms with Crippen molar-refractivity contribution in [2.24, 2.45) is 5.41 Å². The molecule has 0 saturated carbocycles. The Morgan fingerprint density at radius 2 is 1.66 bits per heavy atom. The number of rotatable bonds is 12. The van der Waals surface area contributed by atoms with E-state index in [-0.39, 0.29) is 43.3 Å². The number of nitrogen functional groups attached to an aromatic ring is 1. The average Bonchev–Trinajstić information content (AvgIpc) is 3.87. The maximum Gasteiger partial charge on any atom is 0.246 e. The van der Waals surface area contributed by atoms with Gasteiger partial charge in [-0.2, -0.15) is 0 Å². The summed E-state index contributed by atoms with van der Waals surface area (Å²) in [6.45, 7) is 12.4. The Bertz CT molecular complexity index is 2340. The predicted molar refractivity (Wildman–Crippen MR) is 237 cm³/mol. The number of likely N-dealkylation sites (tertiary alicyclic amines) is 1. The third-order valence-corrected chi connectivity index (χ3v) is 12.4. The van der Waals surface area contributed by atoms with Crippen LogP contribution in [0, 0.1) is 12.3 Å². The first-order valence-electron chi connectivity index (χ1n) is 20.5. The standard InChI is InChI=1S/C45H54N10O5S/c1-27(29-9-11-31(12-10-29)39-28(2)48-26-61-39)49-42(58)37-22-33(56)24-55(37)44(59)40(45(3,4)5)50-38(57)25-53-18-20-54(21-19-53)32-15-13-30(14-16-32)35-23-36(51-52-41(35)46)34-8-7-17-47-43(34)60-6/h7-17,23,26-27,33,37,40,56H,18-22,24-25H2,1-6H3,(H2,46,52)(H,49,58)(H,50,57)/t27?,33-,37+,40?/m1/s1. The molecular formula is C45H54N10O5S. The number of anilines is 2. The third-order valence-electron chi connectivity index (χ3n) is 11.4. The Morgan fingerprint density at radius 1 is 0.951 bits per heavy atom. The molecule has 2 aliphatic rings. The van der Waals surface area contributed by atoms with Crippen molar-refractivity contribution in [3.05, 3.63) is 89.7 Å². The number of hydrogen-bond acceptors (Lipinski definition) is 13. The van der Waals surface area contributed by atoms with Crippen molar-refractivity contribution in [3.8, 4) is 38.7 Å². The van der Waals surface area contributed by atoms with Gasteiger partial charge in [-0.15, -0.1) is 21.5 Å². The summed E-state index contributed by atoms with van der Waals surface area (Å²) in [6.07, 6.45) is 0.910. The zero-order chi connectivity index (χ0) is 43.4. The van der Waals surface area contributed by atoms with Crippen molar-refractivity contribution in [1.29, 1.82) is 0 Å². The number of piperazine rings is 1. The highest BCUT2D eigenvalue weighted by Crippen LogP contribution is 2.33. The Morgan fingerprint density at radius 3 is 2.31 bits per heavy atom. The van der Waals surface area contributed by atoms with Gasteiger partial charge in [-0.1, -0.05) is 57.2 Å². The van der Waals surface area contributed by atoms with Gasteiger partial charge in [-0.3, -0.25) is 19.3 Å². The molecule has 0 spiro atoms. The molecule has 5 heterocycles. The van der Waals surface area contributed by atoms with E-state index in [0.717, 1.165) is 38.5 Å². The lowest BCUT2D eigenvalue weighted by molar-refractivity contribution is -0.144. The van der Waals surface area contributed by atoms with Gasteiger partial charge in [0.05, 0.1) is 53.1 Å². The summed E-state index contributed by atoms with van der Waals surface area (Å²) in [4.78, 5) is 57.0. The summed E-state index contributed by atoms with van der Waals surface area (Å²) < 4.78 is 5.41. The van der Waals surface area contributed by atoms with E-state index >= 15 is 0 Å². The normalized spacial score (nSPS) is 18.1. The van der Waals surface area contributed by atoms with Gasteiger partial charge in [0.25, 0.3) is 0 Å². The van der Waals surface area contributed by atoms with Crippen molar-refractivity contribution < 1.29 is 24.2 Å². The minimum atomic E-state index is -0.910. The summed E-state index contributed by atoms with van der Waals surface area (Å²) in [7, 11) is 1.56. The number of carbonyl (C=O) groups excluding carboxylic acids is 3. The first-order valence-corrected chi connectivity index (χ1v) is 21.4. The number of pyridine rings is 1. The van der Waals surface area contributed by atoms with Crippen LogP contribution in [-0.2, 0) is 14.4 Å². The second-order valence-electron chi connectivity index (χ2n) is 16.8. The number of nitrogens with one attached hydrogen (secondary N) is 2. The molecule has 0 bridgehead atoms. The van der Waals surface area contributed by atoms with Crippen molar-refractivity contribution >= 4 is 40.6 Å². The quantitative estimate of drug-likeness (QED) is 0.135. The zero-order valence-electron chi connectivity index (χ0n) is 35.5. The van der Waals surface area contributed by atoms with E-state index in [1.165, 1.54) is 4.90 Å². The maximum atomic E-state index is 14.2. The molecule has 5 N–H and O–H groups in total. The summed E-state index contributed by atoms with van der Waals surface area (Å²) in [5, 5.41) is 25.2. The Hall–Kier alpha value is -5.97. The smallest absolute Gasteiger partial charge is 0.246 e. The van der Waals surface area contributed by atoms with Crippen LogP contribution >= 0.6 is 11.3 Å². The number of nitrogens with two attached hydrogens (primary N) is 1. The molecule has 16 heteroatoms. The van der Waals surface area contributed by atoms with Crippen LogP contribution in [0.3, 0.4) is 0 Å². The van der Waals surface area contributed by atoms with E-state index < -0.39 is 23.6 Å². The van der Waals surface area contributed by atoms with Crippen LogP contribution in [0.25, 0.3) is 32.8 Å². The van der Waals surface area contributed by atoms with E-state index in [2.05, 4.69) is 40.6 Å². The first-order chi connectivity index (χ1) is 29.2. The van der Waals surface area contributed by atoms with Crippen LogP contribution in [0.15, 0.2) is 78.4 Å². The molecule has 7 rings (SSSR count). The van der Waals surface area contributed by atoms with Crippen molar-refractivity contribution in [1.82, 2.24) is 40.6 Å². The number of benzene rings is 2. The van der Waals surface area contributed by atoms with E-state index in [4.69, 9.17) is 10.5 Å². The van der Waals surface area contributed by atoms with E-state index in [1.54, 1.807) is 24.6 Å². The number of carbonyl (C=O) groups is 3. The molecule has 61 heavy (non-hydrogen) atoms. The van der Waals surface area contributed by atoms with Gasteiger partial charge in [-0.25, -0.2) is 9.97 Å². The topological polar surface area (TPSA) is 192 Å². The number of amides is 3. The highest BCUT2D eigenvalue weighted by atomic mass is 32.1. The summed E-state index contributed by atoms with van der Waals surface area (Å²) in [5.41, 5.74) is 14.4. The second-order valence-corrected chi connectivity index (χ2v) is 17.6. The molecule has 3 aromatic heterocycles. The number of aliphatic hydroxyl groups is 1. The van der Waals surface area contributed by atoms with Gasteiger partial charge < -0.3 is 36.0 Å². The first kappa shape index (κ1) is 43.1. The van der Waals surface area contributed by atoms with E-state index in [9.17, 15) is 19.5 Å². The van der Waals surface area contributed by atoms with Crippen molar-refractivity contribution in [2.45, 2.75) is 65.3 Å². The van der Waals surface area contributed by atoms with Gasteiger partial charge in [0.2, 0.25) is 23.6 Å². The van der Waals surface area contributed by atoms with Crippen LogP contribution in [-0.4, -0.2) is 117 Å². The van der Waals surface area contributed by atoms with Gasteiger partial charge in [0, 0.05) is 56.6 Å². The van der Waals surface area contributed by atoms with Crippen LogP contribution in [0.2, 0.25) is 0 Å². The number of thiazole rings is 1. The summed E-state index contributed by atoms with van der Waals surface area (Å²) in [6, 6.07) is 19.6. The van der Waals surface area contributed by atoms with Crippen LogP contribution < -0.4 is 26.0 Å². The molecule has 0 aliphatic carbocycles. The molecule has 3 amide bonds. The fourth-order valence-electron chi connectivity index (χ4n) is 7.95. The lowest BCUT2D eigenvalue weighted by Crippen LogP contribution is -2.59. The molecule has 2 aliphatic heterocycles. The largest absolute Gasteiger partial charge is 0.481 e. The molecule has 4 atom stereocenters. The fraction of sp³-hybridized carbons (Fsp3) is 0.400. The lowest BCUT2D eigenvalue weighted by Gasteiger charge is -2.37. The summed E-state index contributed by atoms with van der Waals surface area (Å²) >= 11 is 1.58. The van der Waals surface area contributed by atoms with Crippen molar-refractivity contribution in [2.75, 3.05) is 57.0 Å². The average molecular weight is 847 g/mol. The molecule has 2 aromatic carbocycles. The zero-order valence-corrected chi connectivity index (χ0v) is 36.3. The van der Waals surface area contributed by atoms with E-state index in [0.29, 0.717) is 49.1 Å². The molecule has 5 aromatic rings. The number of hydrogen-bond donors (Lipinski definition) is 4. The SMILES string of the molecule is COc1ncccc1-c1cc(-c2ccc(N3CCN(CC(=O)NC(C(=O)N4C[C@H](O)C[C@H]4C(=O)NC(C)c4ccc(-c5scnc5C)cc4)C(C)(C)C)CC3)cc2)c(N)nn1. The molecule has 2 saturated heterocycles. The van der Waals surface area contributed by atoms with Gasteiger partial charge in [0.1, 0.15) is 12.1 Å². The highest BCUT2D eigenvalue weighted by molar-refractivity contribution is 7.13. The monoisotopic (exact) mass is 846 g/mol. The molecule has 320 valence electrons. The Kier molecular flexibility index (Phi) is 13.0. The van der Waals surface area contributed by atoms with Crippen LogP contribution in [0.4, 0.5) is 11.5 Å². The third kappa shape index (κ3) is 9.82. The molecular weight excluding hydrogens is 793 g/mol. The van der Waals surface area contributed by atoms with Crippen molar-refractivity contribution in [3.63, 3.8) is 0 Å². The number of aliphatic hydroxyl groups excluding tert-OH is 1. The molecule has 2 unspecified atom stereocenters. The number of β-amino-alcohol motifs (C(OH)–C–C–N with tert-alkyl or cyclic N) is 1. The Balaban J connectivity index is 0.933. The number of nitrogens with zero attached hydrogens (tertiary/aromatic N) is 7. The second kappa shape index (κ2) is 18.3. The fourth-order valence-corrected chi connectivity index (χ4v) is 8.77. The number of aryl methyl sites for hydroxylation is 1. The van der Waals surface area contributed by atoms with Crippen LogP contribution in [0.5, 0.6) is 5.88 Å². The van der Waals surface area contributed by atoms with E-state index in [1.807, 2.05) is 107 Å². The predicted octanol–water partition coefficient (Wildman–Crippen LogP) is 4.72.